The average Bonchev–Trinajstić information content (AvgIpc) is 2.55. The molecule has 0 aromatic heterocycles. The summed E-state index contributed by atoms with van der Waals surface area (Å²) in [5.74, 6) is 0.783. The number of hydrogen-bond donors (Lipinski definition) is 3. The topological polar surface area (TPSA) is 70.6 Å². The molecule has 0 spiro atoms. The molecule has 2 rings (SSSR count). The molecule has 116 valence electrons. The van der Waals surface area contributed by atoms with Crippen LogP contribution in [0.2, 0.25) is 0 Å². The first-order valence-corrected chi connectivity index (χ1v) is 7.09. The number of carbonyl (C=O) groups is 1. The average molecular weight is 300 g/mol. The number of benzene rings is 2. The van der Waals surface area contributed by atoms with E-state index >= 15 is 0 Å². The first-order chi connectivity index (χ1) is 10.7. The summed E-state index contributed by atoms with van der Waals surface area (Å²) < 4.78 is 5.09. The number of nitrogens with one attached hydrogen (secondary N) is 2. The number of para-hydroxylation sites is 1. The molecule has 5 heteroatoms. The van der Waals surface area contributed by atoms with E-state index in [4.69, 9.17) is 9.84 Å². The van der Waals surface area contributed by atoms with Crippen molar-refractivity contribution in [3.8, 4) is 5.75 Å². The van der Waals surface area contributed by atoms with Crippen LogP contribution in [0.1, 0.15) is 11.1 Å². The normalized spacial score (nSPS) is 10.1. The fourth-order valence-corrected chi connectivity index (χ4v) is 2.07. The standard InChI is InChI=1S/C17H20N2O3/c1-22-15-8-6-13(7-9-15)12-18-17(21)19-16-5-3-2-4-14(16)10-11-20/h2-9,20H,10-12H2,1H3,(H2,18,19,21). The third-order valence-electron chi connectivity index (χ3n) is 3.26. The molecule has 2 amide bonds. The fraction of sp³-hybridized carbons (Fsp3) is 0.235. The lowest BCUT2D eigenvalue weighted by molar-refractivity contribution is 0.251. The molecular formula is C17H20N2O3. The highest BCUT2D eigenvalue weighted by Crippen LogP contribution is 2.15. The summed E-state index contributed by atoms with van der Waals surface area (Å²) in [6.07, 6.45) is 0.509. The van der Waals surface area contributed by atoms with Crippen LogP contribution in [0.15, 0.2) is 48.5 Å². The van der Waals surface area contributed by atoms with Gasteiger partial charge in [-0.3, -0.25) is 0 Å². The van der Waals surface area contributed by atoms with E-state index in [9.17, 15) is 4.79 Å². The van der Waals surface area contributed by atoms with Crippen molar-refractivity contribution >= 4 is 11.7 Å². The van der Waals surface area contributed by atoms with E-state index in [2.05, 4.69) is 10.6 Å². The molecular weight excluding hydrogens is 280 g/mol. The number of hydrogen-bond acceptors (Lipinski definition) is 3. The van der Waals surface area contributed by atoms with Crippen molar-refractivity contribution in [3.05, 3.63) is 59.7 Å². The first-order valence-electron chi connectivity index (χ1n) is 7.09. The third kappa shape index (κ3) is 4.49. The van der Waals surface area contributed by atoms with Gasteiger partial charge in [0.1, 0.15) is 5.75 Å². The Balaban J connectivity index is 1.90. The maximum Gasteiger partial charge on any atom is 0.319 e. The van der Waals surface area contributed by atoms with Crippen LogP contribution < -0.4 is 15.4 Å². The van der Waals surface area contributed by atoms with E-state index in [0.717, 1.165) is 16.9 Å². The number of urea groups is 1. The first kappa shape index (κ1) is 15.9. The van der Waals surface area contributed by atoms with Crippen LogP contribution in [0.25, 0.3) is 0 Å². The van der Waals surface area contributed by atoms with Crippen LogP contribution in [-0.2, 0) is 13.0 Å². The molecule has 0 atom stereocenters. The highest BCUT2D eigenvalue weighted by molar-refractivity contribution is 5.90. The molecule has 0 radical (unpaired) electrons. The lowest BCUT2D eigenvalue weighted by Crippen LogP contribution is -2.28. The summed E-state index contributed by atoms with van der Waals surface area (Å²) in [4.78, 5) is 12.0. The summed E-state index contributed by atoms with van der Waals surface area (Å²) in [7, 11) is 1.62. The Bertz CT molecular complexity index is 612. The molecule has 0 aliphatic carbocycles. The minimum absolute atomic E-state index is 0.0478. The predicted molar refractivity (Wildman–Crippen MR) is 86.1 cm³/mol. The largest absolute Gasteiger partial charge is 0.497 e. The van der Waals surface area contributed by atoms with Crippen LogP contribution in [0.4, 0.5) is 10.5 Å². The Morgan fingerprint density at radius 2 is 1.86 bits per heavy atom. The number of methoxy groups -OCH3 is 1. The second-order valence-corrected chi connectivity index (χ2v) is 4.79. The van der Waals surface area contributed by atoms with Crippen molar-refractivity contribution in [1.82, 2.24) is 5.32 Å². The predicted octanol–water partition coefficient (Wildman–Crippen LogP) is 2.55. The monoisotopic (exact) mass is 300 g/mol. The molecule has 0 unspecified atom stereocenters. The number of aliphatic hydroxyl groups is 1. The van der Waals surface area contributed by atoms with Crippen molar-refractivity contribution in [1.29, 1.82) is 0 Å². The summed E-state index contributed by atoms with van der Waals surface area (Å²) in [5, 5.41) is 14.6. The summed E-state index contributed by atoms with van der Waals surface area (Å²) in [6.45, 7) is 0.476. The third-order valence-corrected chi connectivity index (χ3v) is 3.26. The number of amides is 2. The maximum absolute atomic E-state index is 12.0. The molecule has 0 fully saturated rings. The zero-order chi connectivity index (χ0) is 15.8. The van der Waals surface area contributed by atoms with Crippen molar-refractivity contribution in [3.63, 3.8) is 0 Å². The van der Waals surface area contributed by atoms with Crippen molar-refractivity contribution in [2.75, 3.05) is 19.0 Å². The molecule has 5 nitrogen and oxygen atoms in total. The van der Waals surface area contributed by atoms with Gasteiger partial charge >= 0.3 is 6.03 Å². The summed E-state index contributed by atoms with van der Waals surface area (Å²) >= 11 is 0. The van der Waals surface area contributed by atoms with Crippen molar-refractivity contribution in [2.45, 2.75) is 13.0 Å². The molecule has 22 heavy (non-hydrogen) atoms. The molecule has 0 bridgehead atoms. The number of rotatable bonds is 6. The smallest absolute Gasteiger partial charge is 0.319 e. The van der Waals surface area contributed by atoms with Gasteiger partial charge < -0.3 is 20.5 Å². The van der Waals surface area contributed by atoms with E-state index < -0.39 is 0 Å². The molecule has 0 aliphatic heterocycles. The van der Waals surface area contributed by atoms with Crippen molar-refractivity contribution in [2.24, 2.45) is 0 Å². The number of aliphatic hydroxyl groups excluding tert-OH is 1. The zero-order valence-electron chi connectivity index (χ0n) is 12.5. The second kappa shape index (κ2) is 8.05. The van der Waals surface area contributed by atoms with Crippen LogP contribution >= 0.6 is 0 Å². The van der Waals surface area contributed by atoms with Gasteiger partial charge in [-0.15, -0.1) is 0 Å². The highest BCUT2D eigenvalue weighted by Gasteiger charge is 2.06. The Morgan fingerprint density at radius 1 is 1.14 bits per heavy atom. The number of carbonyl (C=O) groups excluding carboxylic acids is 1. The molecule has 0 saturated carbocycles. The minimum Gasteiger partial charge on any atom is -0.497 e. The lowest BCUT2D eigenvalue weighted by Gasteiger charge is -2.11. The summed E-state index contributed by atoms with van der Waals surface area (Å²) in [6, 6.07) is 14.7. The lowest BCUT2D eigenvalue weighted by atomic mass is 10.1. The Kier molecular flexibility index (Phi) is 5.80. The minimum atomic E-state index is -0.277. The van der Waals surface area contributed by atoms with Gasteiger partial charge in [0.25, 0.3) is 0 Å². The zero-order valence-corrected chi connectivity index (χ0v) is 12.5. The van der Waals surface area contributed by atoms with Gasteiger partial charge in [0.15, 0.2) is 0 Å². The van der Waals surface area contributed by atoms with E-state index in [1.165, 1.54) is 0 Å². The molecule has 0 aliphatic rings. The molecule has 0 saturated heterocycles. The maximum atomic E-state index is 12.0. The molecule has 0 heterocycles. The fourth-order valence-electron chi connectivity index (χ4n) is 2.07. The van der Waals surface area contributed by atoms with E-state index in [1.807, 2.05) is 48.5 Å². The van der Waals surface area contributed by atoms with Crippen LogP contribution in [0, 0.1) is 0 Å². The Morgan fingerprint density at radius 3 is 2.55 bits per heavy atom. The van der Waals surface area contributed by atoms with Crippen LogP contribution in [0.3, 0.4) is 0 Å². The van der Waals surface area contributed by atoms with Crippen LogP contribution in [-0.4, -0.2) is 24.9 Å². The SMILES string of the molecule is COc1ccc(CNC(=O)Nc2ccccc2CCO)cc1. The number of anilines is 1. The van der Waals surface area contributed by atoms with E-state index in [0.29, 0.717) is 18.7 Å². The van der Waals surface area contributed by atoms with Crippen LogP contribution in [0.5, 0.6) is 5.75 Å². The number of ether oxygens (including phenoxy) is 1. The van der Waals surface area contributed by atoms with Gasteiger partial charge in [0.05, 0.1) is 7.11 Å². The second-order valence-electron chi connectivity index (χ2n) is 4.79. The highest BCUT2D eigenvalue weighted by atomic mass is 16.5. The molecule has 2 aromatic carbocycles. The van der Waals surface area contributed by atoms with E-state index in [1.54, 1.807) is 7.11 Å². The van der Waals surface area contributed by atoms with E-state index in [-0.39, 0.29) is 12.6 Å². The molecule has 2 aromatic rings. The van der Waals surface area contributed by atoms with Gasteiger partial charge in [-0.2, -0.15) is 0 Å². The van der Waals surface area contributed by atoms with Gasteiger partial charge in [0.2, 0.25) is 0 Å². The Labute approximate surface area is 129 Å². The van der Waals surface area contributed by atoms with Gasteiger partial charge in [-0.25, -0.2) is 4.79 Å². The van der Waals surface area contributed by atoms with Crippen molar-refractivity contribution < 1.29 is 14.6 Å². The van der Waals surface area contributed by atoms with Gasteiger partial charge in [-0.05, 0) is 35.7 Å². The Hall–Kier alpha value is -2.53. The quantitative estimate of drug-likeness (QED) is 0.768. The molecule has 3 N–H and O–H groups in total. The van der Waals surface area contributed by atoms with Gasteiger partial charge in [-0.1, -0.05) is 30.3 Å². The van der Waals surface area contributed by atoms with Gasteiger partial charge in [0, 0.05) is 18.8 Å². The summed E-state index contributed by atoms with van der Waals surface area (Å²) in [5.41, 5.74) is 2.60.